The van der Waals surface area contributed by atoms with Gasteiger partial charge in [-0.25, -0.2) is 4.98 Å². The molecule has 1 heterocycles. The number of halogens is 1. The minimum atomic E-state index is -0.303. The highest BCUT2D eigenvalue weighted by Gasteiger charge is 2.14. The van der Waals surface area contributed by atoms with Gasteiger partial charge in [0.15, 0.2) is 0 Å². The summed E-state index contributed by atoms with van der Waals surface area (Å²) >= 11 is 5.85. The van der Waals surface area contributed by atoms with Crippen molar-refractivity contribution in [2.75, 3.05) is 18.4 Å². The average Bonchev–Trinajstić information content (AvgIpc) is 2.52. The van der Waals surface area contributed by atoms with E-state index in [0.29, 0.717) is 23.8 Å². The van der Waals surface area contributed by atoms with E-state index in [1.807, 2.05) is 30.3 Å². The molecule has 0 aliphatic rings. The Labute approximate surface area is 140 Å². The summed E-state index contributed by atoms with van der Waals surface area (Å²) in [5.74, 6) is -0.0766. The molecule has 0 aliphatic heterocycles. The summed E-state index contributed by atoms with van der Waals surface area (Å²) in [6, 6.07) is 13.0. The molecule has 23 heavy (non-hydrogen) atoms. The van der Waals surface area contributed by atoms with Crippen molar-refractivity contribution in [3.63, 3.8) is 0 Å². The van der Waals surface area contributed by atoms with Crippen molar-refractivity contribution in [1.29, 1.82) is 0 Å². The molecule has 6 heteroatoms. The summed E-state index contributed by atoms with van der Waals surface area (Å²) in [6.45, 7) is 1.92. The quantitative estimate of drug-likeness (QED) is 0.885. The number of nitrogens with zero attached hydrogens (tertiary/aromatic N) is 2. The van der Waals surface area contributed by atoms with Crippen molar-refractivity contribution in [2.45, 2.75) is 13.3 Å². The van der Waals surface area contributed by atoms with Gasteiger partial charge in [0.2, 0.25) is 11.8 Å². The van der Waals surface area contributed by atoms with Crippen LogP contribution < -0.4 is 5.32 Å². The maximum absolute atomic E-state index is 12.1. The van der Waals surface area contributed by atoms with Crippen LogP contribution in [0.2, 0.25) is 5.02 Å². The van der Waals surface area contributed by atoms with Crippen molar-refractivity contribution in [3.8, 4) is 0 Å². The molecule has 0 unspecified atom stereocenters. The molecule has 2 amide bonds. The van der Waals surface area contributed by atoms with Gasteiger partial charge in [-0.2, -0.15) is 0 Å². The minimum Gasteiger partial charge on any atom is -0.333 e. The zero-order valence-electron chi connectivity index (χ0n) is 12.8. The molecule has 0 aliphatic carbocycles. The normalized spacial score (nSPS) is 10.2. The highest BCUT2D eigenvalue weighted by molar-refractivity contribution is 6.30. The van der Waals surface area contributed by atoms with Gasteiger partial charge >= 0.3 is 0 Å². The fraction of sp³-hybridized carbons (Fsp3) is 0.235. The molecule has 0 saturated heterocycles. The van der Waals surface area contributed by atoms with Crippen molar-refractivity contribution in [2.24, 2.45) is 0 Å². The van der Waals surface area contributed by atoms with Crippen molar-refractivity contribution in [3.05, 3.63) is 59.2 Å². The number of hydrogen-bond acceptors (Lipinski definition) is 3. The van der Waals surface area contributed by atoms with E-state index in [2.05, 4.69) is 10.3 Å². The number of hydrogen-bond donors (Lipinski definition) is 1. The number of aromatic nitrogens is 1. The van der Waals surface area contributed by atoms with Crippen LogP contribution in [-0.4, -0.2) is 34.8 Å². The van der Waals surface area contributed by atoms with Crippen LogP contribution in [0.1, 0.15) is 12.5 Å². The molecule has 1 N–H and O–H groups in total. The van der Waals surface area contributed by atoms with Gasteiger partial charge in [0.25, 0.3) is 0 Å². The van der Waals surface area contributed by atoms with Crippen molar-refractivity contribution >= 4 is 29.2 Å². The van der Waals surface area contributed by atoms with Crippen molar-refractivity contribution in [1.82, 2.24) is 9.88 Å². The molecule has 0 radical (unpaired) electrons. The van der Waals surface area contributed by atoms with E-state index in [0.717, 1.165) is 5.56 Å². The molecule has 2 rings (SSSR count). The third kappa shape index (κ3) is 5.71. The number of carbonyl (C=O) groups is 2. The lowest BCUT2D eigenvalue weighted by Crippen LogP contribution is -2.38. The summed E-state index contributed by atoms with van der Waals surface area (Å²) in [4.78, 5) is 29.3. The number of nitrogens with one attached hydrogen (secondary N) is 1. The Morgan fingerprint density at radius 1 is 1.22 bits per heavy atom. The maximum atomic E-state index is 12.1. The summed E-state index contributed by atoms with van der Waals surface area (Å²) in [6.07, 6.45) is 2.21. The molecule has 0 spiro atoms. The van der Waals surface area contributed by atoms with Gasteiger partial charge in [-0.3, -0.25) is 9.59 Å². The maximum Gasteiger partial charge on any atom is 0.245 e. The lowest BCUT2D eigenvalue weighted by atomic mass is 10.1. The third-order valence-corrected chi connectivity index (χ3v) is 3.52. The van der Waals surface area contributed by atoms with E-state index in [4.69, 9.17) is 11.6 Å². The van der Waals surface area contributed by atoms with Gasteiger partial charge < -0.3 is 10.2 Å². The van der Waals surface area contributed by atoms with Crippen LogP contribution in [0.4, 0.5) is 5.82 Å². The van der Waals surface area contributed by atoms with E-state index < -0.39 is 0 Å². The molecule has 0 saturated carbocycles. The zero-order valence-corrected chi connectivity index (χ0v) is 13.6. The van der Waals surface area contributed by atoms with Gasteiger partial charge in [0.05, 0.1) is 6.54 Å². The number of benzene rings is 1. The monoisotopic (exact) mass is 331 g/mol. The van der Waals surface area contributed by atoms with E-state index in [1.165, 1.54) is 18.0 Å². The molecular formula is C17H18ClN3O2. The Morgan fingerprint density at radius 2 is 1.96 bits per heavy atom. The van der Waals surface area contributed by atoms with Gasteiger partial charge in [-0.15, -0.1) is 0 Å². The lowest BCUT2D eigenvalue weighted by molar-refractivity contribution is -0.132. The number of rotatable bonds is 6. The minimum absolute atomic E-state index is 0.0175. The fourth-order valence-electron chi connectivity index (χ4n) is 2.09. The second-order valence-electron chi connectivity index (χ2n) is 5.08. The number of carbonyl (C=O) groups excluding carboxylic acids is 2. The van der Waals surface area contributed by atoms with Crippen LogP contribution in [0, 0.1) is 0 Å². The van der Waals surface area contributed by atoms with Crippen molar-refractivity contribution < 1.29 is 9.59 Å². The highest BCUT2D eigenvalue weighted by atomic mass is 35.5. The summed E-state index contributed by atoms with van der Waals surface area (Å²) in [5.41, 5.74) is 1.12. The molecule has 2 aromatic rings. The largest absolute Gasteiger partial charge is 0.333 e. The van der Waals surface area contributed by atoms with Crippen LogP contribution in [-0.2, 0) is 16.0 Å². The number of pyridine rings is 1. The SMILES string of the molecule is CC(=O)N(CCc1ccccc1)CC(=O)Nc1cc(Cl)ccn1. The molecule has 1 aromatic heterocycles. The topological polar surface area (TPSA) is 62.3 Å². The highest BCUT2D eigenvalue weighted by Crippen LogP contribution is 2.11. The van der Waals surface area contributed by atoms with Gasteiger partial charge in [-0.1, -0.05) is 41.9 Å². The predicted octanol–water partition coefficient (Wildman–Crippen LogP) is 2.76. The second kappa shape index (κ2) is 8.29. The molecule has 1 aromatic carbocycles. The average molecular weight is 332 g/mol. The molecule has 0 atom stereocenters. The number of amides is 2. The predicted molar refractivity (Wildman–Crippen MR) is 90.3 cm³/mol. The van der Waals surface area contributed by atoms with E-state index in [-0.39, 0.29) is 18.4 Å². The van der Waals surface area contributed by atoms with Gasteiger partial charge in [0.1, 0.15) is 5.82 Å². The van der Waals surface area contributed by atoms with Crippen LogP contribution in [0.3, 0.4) is 0 Å². The summed E-state index contributed by atoms with van der Waals surface area (Å²) < 4.78 is 0. The number of anilines is 1. The molecule has 0 bridgehead atoms. The molecule has 0 fully saturated rings. The first-order chi connectivity index (χ1) is 11.0. The fourth-order valence-corrected chi connectivity index (χ4v) is 2.25. The smallest absolute Gasteiger partial charge is 0.245 e. The molecular weight excluding hydrogens is 314 g/mol. The van der Waals surface area contributed by atoms with E-state index >= 15 is 0 Å². The summed E-state index contributed by atoms with van der Waals surface area (Å²) in [5, 5.41) is 3.13. The second-order valence-corrected chi connectivity index (χ2v) is 5.52. The molecule has 120 valence electrons. The Balaban J connectivity index is 1.91. The lowest BCUT2D eigenvalue weighted by Gasteiger charge is -2.20. The summed E-state index contributed by atoms with van der Waals surface area (Å²) in [7, 11) is 0. The Morgan fingerprint density at radius 3 is 2.61 bits per heavy atom. The Kier molecular flexibility index (Phi) is 6.11. The van der Waals surface area contributed by atoms with Gasteiger partial charge in [-0.05, 0) is 24.1 Å². The first kappa shape index (κ1) is 17.0. The van der Waals surface area contributed by atoms with Crippen LogP contribution in [0.5, 0.6) is 0 Å². The Hall–Kier alpha value is -2.40. The zero-order chi connectivity index (χ0) is 16.7. The van der Waals surface area contributed by atoms with Gasteiger partial charge in [0, 0.05) is 24.7 Å². The van der Waals surface area contributed by atoms with E-state index in [9.17, 15) is 9.59 Å². The van der Waals surface area contributed by atoms with E-state index in [1.54, 1.807) is 12.1 Å². The third-order valence-electron chi connectivity index (χ3n) is 3.28. The first-order valence-corrected chi connectivity index (χ1v) is 7.63. The standard InChI is InChI=1S/C17H18ClN3O2/c1-13(22)21(10-8-14-5-3-2-4-6-14)12-17(23)20-16-11-15(18)7-9-19-16/h2-7,9,11H,8,10,12H2,1H3,(H,19,20,23). The van der Waals surface area contributed by atoms with Crippen LogP contribution in [0.25, 0.3) is 0 Å². The Bertz CT molecular complexity index is 677. The molecule has 5 nitrogen and oxygen atoms in total. The first-order valence-electron chi connectivity index (χ1n) is 7.25. The van der Waals surface area contributed by atoms with Crippen LogP contribution >= 0.6 is 11.6 Å². The van der Waals surface area contributed by atoms with Crippen LogP contribution in [0.15, 0.2) is 48.7 Å².